The summed E-state index contributed by atoms with van der Waals surface area (Å²) in [5.74, 6) is 0.570. The number of hydrogen-bond donors (Lipinski definition) is 2. The van der Waals surface area contributed by atoms with Gasteiger partial charge in [-0.1, -0.05) is 12.1 Å². The summed E-state index contributed by atoms with van der Waals surface area (Å²) in [5, 5.41) is 5.52. The van der Waals surface area contributed by atoms with Gasteiger partial charge in [-0.2, -0.15) is 0 Å². The minimum Gasteiger partial charge on any atom is -0.308 e. The molecule has 19 heavy (non-hydrogen) atoms. The number of carbonyl (C=O) groups excluding carboxylic acids is 1. The van der Waals surface area contributed by atoms with Gasteiger partial charge in [0.1, 0.15) is 5.82 Å². The smallest absolute Gasteiger partial charge is 0.308 e. The molecule has 0 aliphatic rings. The second-order valence-electron chi connectivity index (χ2n) is 3.98. The molecule has 2 amide bonds. The van der Waals surface area contributed by atoms with Crippen molar-refractivity contribution in [3.8, 4) is 0 Å². The number of anilines is 2. The first kappa shape index (κ1) is 13.4. The number of aryl methyl sites for hydroxylation is 1. The number of aromatic nitrogens is 1. The summed E-state index contributed by atoms with van der Waals surface area (Å²) in [7, 11) is 0. The van der Waals surface area contributed by atoms with E-state index in [0.717, 1.165) is 16.1 Å². The quantitative estimate of drug-likeness (QED) is 0.837. The van der Waals surface area contributed by atoms with Crippen LogP contribution in [0.15, 0.2) is 47.5 Å². The minimum atomic E-state index is -0.292. The second-order valence-corrected chi connectivity index (χ2v) is 4.86. The first-order chi connectivity index (χ1) is 9.19. The van der Waals surface area contributed by atoms with Gasteiger partial charge < -0.3 is 5.32 Å². The van der Waals surface area contributed by atoms with E-state index < -0.39 is 0 Å². The van der Waals surface area contributed by atoms with Gasteiger partial charge >= 0.3 is 6.03 Å². The molecule has 1 heterocycles. The first-order valence-corrected chi connectivity index (χ1v) is 7.05. The van der Waals surface area contributed by atoms with Crippen LogP contribution in [0.2, 0.25) is 0 Å². The lowest BCUT2D eigenvalue weighted by atomic mass is 10.3. The Labute approximate surface area is 116 Å². The summed E-state index contributed by atoms with van der Waals surface area (Å²) in [6.45, 7) is 1.90. The van der Waals surface area contributed by atoms with Crippen molar-refractivity contribution in [2.45, 2.75) is 11.8 Å². The molecule has 1 aromatic carbocycles. The maximum Gasteiger partial charge on any atom is 0.324 e. The molecule has 2 rings (SSSR count). The van der Waals surface area contributed by atoms with Crippen LogP contribution in [-0.2, 0) is 0 Å². The van der Waals surface area contributed by atoms with Gasteiger partial charge in [-0.3, -0.25) is 5.32 Å². The van der Waals surface area contributed by atoms with Crippen molar-refractivity contribution in [3.05, 3.63) is 48.2 Å². The second kappa shape index (κ2) is 6.24. The molecule has 0 fully saturated rings. The normalized spacial score (nSPS) is 10.0. The zero-order chi connectivity index (χ0) is 13.7. The maximum absolute atomic E-state index is 11.9. The number of hydrogen-bond acceptors (Lipinski definition) is 3. The Morgan fingerprint density at radius 3 is 2.79 bits per heavy atom. The molecular formula is C14H15N3OS. The Hall–Kier alpha value is -2.01. The van der Waals surface area contributed by atoms with Gasteiger partial charge in [0.25, 0.3) is 0 Å². The summed E-state index contributed by atoms with van der Waals surface area (Å²) in [4.78, 5) is 17.1. The Morgan fingerprint density at radius 1 is 1.21 bits per heavy atom. The van der Waals surface area contributed by atoms with Gasteiger partial charge in [0.15, 0.2) is 0 Å². The average Bonchev–Trinajstić information content (AvgIpc) is 2.41. The molecule has 0 saturated heterocycles. The highest BCUT2D eigenvalue weighted by Crippen LogP contribution is 2.19. The fourth-order valence-electron chi connectivity index (χ4n) is 1.59. The molecule has 0 radical (unpaired) electrons. The number of thioether (sulfide) groups is 1. The summed E-state index contributed by atoms with van der Waals surface area (Å²) in [6.07, 6.45) is 3.65. The number of nitrogens with one attached hydrogen (secondary N) is 2. The van der Waals surface area contributed by atoms with E-state index in [0.29, 0.717) is 5.82 Å². The maximum atomic E-state index is 11.9. The Kier molecular flexibility index (Phi) is 4.41. The molecule has 0 unspecified atom stereocenters. The highest BCUT2D eigenvalue weighted by Gasteiger charge is 2.05. The zero-order valence-electron chi connectivity index (χ0n) is 10.8. The average molecular weight is 273 g/mol. The van der Waals surface area contributed by atoms with Crippen molar-refractivity contribution in [2.24, 2.45) is 0 Å². The third-order valence-corrected chi connectivity index (χ3v) is 3.29. The molecule has 0 aliphatic heterocycles. The van der Waals surface area contributed by atoms with Crippen molar-refractivity contribution in [1.29, 1.82) is 0 Å². The van der Waals surface area contributed by atoms with Crippen LogP contribution in [0.25, 0.3) is 0 Å². The molecule has 0 aliphatic carbocycles. The fourth-order valence-corrected chi connectivity index (χ4v) is 2.05. The van der Waals surface area contributed by atoms with Crippen molar-refractivity contribution in [3.63, 3.8) is 0 Å². The predicted octanol–water partition coefficient (Wildman–Crippen LogP) is 3.76. The Bertz CT molecular complexity index is 586. The molecule has 1 aromatic heterocycles. The van der Waals surface area contributed by atoms with Crippen LogP contribution in [0.1, 0.15) is 5.56 Å². The van der Waals surface area contributed by atoms with E-state index in [4.69, 9.17) is 0 Å². The van der Waals surface area contributed by atoms with Crippen LogP contribution < -0.4 is 10.6 Å². The molecule has 98 valence electrons. The molecular weight excluding hydrogens is 258 g/mol. The van der Waals surface area contributed by atoms with Gasteiger partial charge in [-0.15, -0.1) is 11.8 Å². The van der Waals surface area contributed by atoms with Crippen molar-refractivity contribution < 1.29 is 4.79 Å². The van der Waals surface area contributed by atoms with E-state index in [2.05, 4.69) is 15.6 Å². The van der Waals surface area contributed by atoms with Crippen LogP contribution in [-0.4, -0.2) is 17.3 Å². The number of carbonyl (C=O) groups is 1. The summed E-state index contributed by atoms with van der Waals surface area (Å²) < 4.78 is 0. The summed E-state index contributed by atoms with van der Waals surface area (Å²) in [5.41, 5.74) is 1.69. The summed E-state index contributed by atoms with van der Waals surface area (Å²) >= 11 is 1.63. The van der Waals surface area contributed by atoms with Crippen LogP contribution in [0.3, 0.4) is 0 Å². The number of rotatable bonds is 3. The van der Waals surface area contributed by atoms with Gasteiger partial charge in [0.05, 0.1) is 0 Å². The standard InChI is InChI=1S/C14H15N3OS/c1-10-5-4-8-15-13(10)17-14(18)16-11-6-3-7-12(9-11)19-2/h3-9H,1-2H3,(H2,15,16,17,18). The molecule has 2 N–H and O–H groups in total. The Balaban J connectivity index is 2.03. The number of amides is 2. The monoisotopic (exact) mass is 273 g/mol. The van der Waals surface area contributed by atoms with E-state index in [1.165, 1.54) is 0 Å². The van der Waals surface area contributed by atoms with E-state index in [1.54, 1.807) is 18.0 Å². The first-order valence-electron chi connectivity index (χ1n) is 5.83. The highest BCUT2D eigenvalue weighted by molar-refractivity contribution is 7.98. The van der Waals surface area contributed by atoms with Gasteiger partial charge in [0, 0.05) is 16.8 Å². The number of pyridine rings is 1. The van der Waals surface area contributed by atoms with E-state index in [9.17, 15) is 4.79 Å². The van der Waals surface area contributed by atoms with Crippen molar-refractivity contribution >= 4 is 29.3 Å². The van der Waals surface area contributed by atoms with Gasteiger partial charge in [-0.25, -0.2) is 9.78 Å². The SMILES string of the molecule is CSc1cccc(NC(=O)Nc2ncccc2C)c1. The molecule has 2 aromatic rings. The topological polar surface area (TPSA) is 54.0 Å². The molecule has 0 spiro atoms. The lowest BCUT2D eigenvalue weighted by Gasteiger charge is -2.09. The summed E-state index contributed by atoms with van der Waals surface area (Å²) in [6, 6.07) is 11.1. The largest absolute Gasteiger partial charge is 0.324 e. The van der Waals surface area contributed by atoms with E-state index in [-0.39, 0.29) is 6.03 Å². The zero-order valence-corrected chi connectivity index (χ0v) is 11.6. The molecule has 0 atom stereocenters. The van der Waals surface area contributed by atoms with Crippen LogP contribution in [0.5, 0.6) is 0 Å². The highest BCUT2D eigenvalue weighted by atomic mass is 32.2. The number of benzene rings is 1. The molecule has 0 saturated carbocycles. The molecule has 5 heteroatoms. The fraction of sp³-hybridized carbons (Fsp3) is 0.143. The van der Waals surface area contributed by atoms with Crippen molar-refractivity contribution in [2.75, 3.05) is 16.9 Å². The van der Waals surface area contributed by atoms with Crippen LogP contribution in [0, 0.1) is 6.92 Å². The van der Waals surface area contributed by atoms with Crippen molar-refractivity contribution in [1.82, 2.24) is 4.98 Å². The Morgan fingerprint density at radius 2 is 2.05 bits per heavy atom. The van der Waals surface area contributed by atoms with E-state index >= 15 is 0 Å². The lowest BCUT2D eigenvalue weighted by Crippen LogP contribution is -2.20. The number of nitrogens with zero attached hydrogens (tertiary/aromatic N) is 1. The van der Waals surface area contributed by atoms with Gasteiger partial charge in [0.2, 0.25) is 0 Å². The van der Waals surface area contributed by atoms with Gasteiger partial charge in [-0.05, 0) is 43.0 Å². The van der Waals surface area contributed by atoms with Crippen LogP contribution in [0.4, 0.5) is 16.3 Å². The molecule has 4 nitrogen and oxygen atoms in total. The van der Waals surface area contributed by atoms with Crippen LogP contribution >= 0.6 is 11.8 Å². The predicted molar refractivity (Wildman–Crippen MR) is 79.8 cm³/mol. The number of urea groups is 1. The third-order valence-electron chi connectivity index (χ3n) is 2.57. The lowest BCUT2D eigenvalue weighted by molar-refractivity contribution is 0.262. The molecule has 0 bridgehead atoms. The minimum absolute atomic E-state index is 0.292. The third kappa shape index (κ3) is 3.72. The van der Waals surface area contributed by atoms with E-state index in [1.807, 2.05) is 49.6 Å².